The number of hydrogen-bond acceptors (Lipinski definition) is 3. The van der Waals surface area contributed by atoms with Crippen molar-refractivity contribution < 1.29 is 14.7 Å². The van der Waals surface area contributed by atoms with Crippen LogP contribution in [0.3, 0.4) is 0 Å². The average molecular weight is 284 g/mol. The third-order valence-corrected chi connectivity index (χ3v) is 4.05. The molecule has 1 N–H and O–H groups in total. The lowest BCUT2D eigenvalue weighted by Crippen LogP contribution is -2.52. The van der Waals surface area contributed by atoms with Gasteiger partial charge >= 0.3 is 5.97 Å². The fraction of sp³-hybridized carbons (Fsp3) is 0.867. The Balaban J connectivity index is 2.68. The van der Waals surface area contributed by atoms with Gasteiger partial charge in [-0.1, -0.05) is 0 Å². The minimum atomic E-state index is -0.765. The van der Waals surface area contributed by atoms with Gasteiger partial charge in [0.05, 0.1) is 12.0 Å². The van der Waals surface area contributed by atoms with E-state index in [0.717, 1.165) is 13.0 Å². The Labute approximate surface area is 121 Å². The van der Waals surface area contributed by atoms with Gasteiger partial charge < -0.3 is 10.0 Å². The summed E-state index contributed by atoms with van der Waals surface area (Å²) in [5, 5.41) is 9.31. The van der Waals surface area contributed by atoms with E-state index in [9.17, 15) is 14.7 Å². The predicted molar refractivity (Wildman–Crippen MR) is 78.5 cm³/mol. The van der Waals surface area contributed by atoms with Crippen LogP contribution in [0.2, 0.25) is 0 Å². The molecule has 1 heterocycles. The Bertz CT molecular complexity index is 360. The number of aliphatic carboxylic acids is 1. The first kappa shape index (κ1) is 17.0. The first-order valence-corrected chi connectivity index (χ1v) is 7.44. The Kier molecular flexibility index (Phi) is 5.57. The van der Waals surface area contributed by atoms with Crippen LogP contribution in [0.25, 0.3) is 0 Å². The van der Waals surface area contributed by atoms with Crippen molar-refractivity contribution in [1.82, 2.24) is 9.80 Å². The third-order valence-electron chi connectivity index (χ3n) is 4.05. The summed E-state index contributed by atoms with van der Waals surface area (Å²) < 4.78 is 0. The van der Waals surface area contributed by atoms with E-state index in [4.69, 9.17) is 0 Å². The molecule has 1 aliphatic heterocycles. The maximum absolute atomic E-state index is 12.4. The second-order valence-corrected chi connectivity index (χ2v) is 6.67. The molecule has 0 aromatic carbocycles. The lowest BCUT2D eigenvalue weighted by Gasteiger charge is -2.39. The summed E-state index contributed by atoms with van der Waals surface area (Å²) in [6, 6.07) is 0.330. The molecule has 0 aromatic heterocycles. The van der Waals surface area contributed by atoms with Crippen molar-refractivity contribution in [1.29, 1.82) is 0 Å². The number of amides is 1. The first-order chi connectivity index (χ1) is 9.17. The molecule has 1 saturated heterocycles. The summed E-state index contributed by atoms with van der Waals surface area (Å²) in [4.78, 5) is 27.6. The van der Waals surface area contributed by atoms with E-state index in [0.29, 0.717) is 19.5 Å². The van der Waals surface area contributed by atoms with Crippen LogP contribution in [0.5, 0.6) is 0 Å². The van der Waals surface area contributed by atoms with Crippen LogP contribution in [0, 0.1) is 5.41 Å². The van der Waals surface area contributed by atoms with Crippen LogP contribution >= 0.6 is 0 Å². The molecule has 0 spiro atoms. The van der Waals surface area contributed by atoms with Crippen molar-refractivity contribution in [2.24, 2.45) is 5.41 Å². The fourth-order valence-electron chi connectivity index (χ4n) is 3.10. The van der Waals surface area contributed by atoms with E-state index < -0.39 is 11.4 Å². The van der Waals surface area contributed by atoms with Crippen molar-refractivity contribution in [3.63, 3.8) is 0 Å². The molecule has 0 radical (unpaired) electrons. The molecular weight excluding hydrogens is 256 g/mol. The van der Waals surface area contributed by atoms with E-state index in [1.54, 1.807) is 6.92 Å². The van der Waals surface area contributed by atoms with Gasteiger partial charge in [-0.15, -0.1) is 0 Å². The summed E-state index contributed by atoms with van der Waals surface area (Å²) in [6.07, 6.45) is 1.52. The second kappa shape index (κ2) is 6.57. The maximum atomic E-state index is 12.4. The summed E-state index contributed by atoms with van der Waals surface area (Å²) in [7, 11) is 0. The van der Waals surface area contributed by atoms with Gasteiger partial charge in [-0.05, 0) is 54.0 Å². The quantitative estimate of drug-likeness (QED) is 0.836. The summed E-state index contributed by atoms with van der Waals surface area (Å²) in [5.41, 5.74) is -0.723. The van der Waals surface area contributed by atoms with Gasteiger partial charge in [0, 0.05) is 18.6 Å². The molecule has 0 saturated carbocycles. The Morgan fingerprint density at radius 3 is 2.25 bits per heavy atom. The maximum Gasteiger partial charge on any atom is 0.310 e. The zero-order chi connectivity index (χ0) is 15.5. The molecule has 0 bridgehead atoms. The van der Waals surface area contributed by atoms with E-state index >= 15 is 0 Å². The zero-order valence-electron chi connectivity index (χ0n) is 13.3. The predicted octanol–water partition coefficient (Wildman–Crippen LogP) is 1.82. The molecule has 0 aromatic rings. The number of carbonyl (C=O) groups excluding carboxylic acids is 1. The smallest absolute Gasteiger partial charge is 0.310 e. The lowest BCUT2D eigenvalue weighted by molar-refractivity contribution is -0.152. The van der Waals surface area contributed by atoms with Gasteiger partial charge in [0.25, 0.3) is 0 Å². The highest BCUT2D eigenvalue weighted by molar-refractivity contribution is 5.79. The molecule has 1 amide bonds. The van der Waals surface area contributed by atoms with E-state index in [2.05, 4.69) is 0 Å². The Morgan fingerprint density at radius 1 is 1.25 bits per heavy atom. The second-order valence-electron chi connectivity index (χ2n) is 6.67. The van der Waals surface area contributed by atoms with Crippen LogP contribution in [0.15, 0.2) is 0 Å². The number of nitrogens with zero attached hydrogens (tertiary/aromatic N) is 2. The topological polar surface area (TPSA) is 60.9 Å². The highest BCUT2D eigenvalue weighted by Gasteiger charge is 2.38. The molecule has 5 heteroatoms. The first-order valence-electron chi connectivity index (χ1n) is 7.44. The number of piperidine rings is 1. The molecular formula is C15H28N2O3. The van der Waals surface area contributed by atoms with E-state index in [-0.39, 0.29) is 18.0 Å². The minimum Gasteiger partial charge on any atom is -0.481 e. The van der Waals surface area contributed by atoms with Crippen LogP contribution in [0.4, 0.5) is 0 Å². The van der Waals surface area contributed by atoms with Crippen molar-refractivity contribution in [3.8, 4) is 0 Å². The third kappa shape index (κ3) is 3.95. The van der Waals surface area contributed by atoms with Crippen molar-refractivity contribution in [2.45, 2.75) is 59.5 Å². The van der Waals surface area contributed by atoms with Crippen molar-refractivity contribution in [3.05, 3.63) is 0 Å². The number of likely N-dealkylation sites (tertiary alicyclic amines) is 1. The molecule has 1 rings (SSSR count). The highest BCUT2D eigenvalue weighted by atomic mass is 16.4. The number of rotatable bonds is 5. The molecule has 20 heavy (non-hydrogen) atoms. The van der Waals surface area contributed by atoms with Crippen LogP contribution in [-0.4, -0.2) is 58.5 Å². The standard InChI is InChI=1S/C15H28N2O3/c1-11(2)17(12(3)4)13(18)9-16-8-6-7-15(5,10-16)14(19)20/h11-12H,6-10H2,1-5H3,(H,19,20). The average Bonchev–Trinajstić information content (AvgIpc) is 2.27. The molecule has 5 nitrogen and oxygen atoms in total. The normalized spacial score (nSPS) is 24.1. The Morgan fingerprint density at radius 2 is 1.80 bits per heavy atom. The van der Waals surface area contributed by atoms with Crippen molar-refractivity contribution >= 4 is 11.9 Å². The molecule has 1 aliphatic rings. The van der Waals surface area contributed by atoms with Crippen molar-refractivity contribution in [2.75, 3.05) is 19.6 Å². The van der Waals surface area contributed by atoms with Crippen LogP contribution < -0.4 is 0 Å². The van der Waals surface area contributed by atoms with Gasteiger partial charge in [0.15, 0.2) is 0 Å². The number of hydrogen-bond donors (Lipinski definition) is 1. The number of carboxylic acid groups (broad SMARTS) is 1. The number of carbonyl (C=O) groups is 2. The SMILES string of the molecule is CC(C)N(C(=O)CN1CCCC(C)(C(=O)O)C1)C(C)C. The van der Waals surface area contributed by atoms with Gasteiger partial charge in [-0.3, -0.25) is 14.5 Å². The molecule has 1 atom stereocenters. The van der Waals surface area contributed by atoms with Gasteiger partial charge in [-0.25, -0.2) is 0 Å². The summed E-state index contributed by atoms with van der Waals surface area (Å²) in [6.45, 7) is 11.4. The Hall–Kier alpha value is -1.10. The zero-order valence-corrected chi connectivity index (χ0v) is 13.3. The summed E-state index contributed by atoms with van der Waals surface area (Å²) >= 11 is 0. The monoisotopic (exact) mass is 284 g/mol. The molecule has 0 aliphatic carbocycles. The summed E-state index contributed by atoms with van der Waals surface area (Å²) in [5.74, 6) is -0.677. The van der Waals surface area contributed by atoms with E-state index in [1.807, 2.05) is 37.5 Å². The highest BCUT2D eigenvalue weighted by Crippen LogP contribution is 2.29. The van der Waals surface area contributed by atoms with Crippen LogP contribution in [-0.2, 0) is 9.59 Å². The lowest BCUT2D eigenvalue weighted by atomic mass is 9.82. The van der Waals surface area contributed by atoms with Crippen LogP contribution in [0.1, 0.15) is 47.5 Å². The fourth-order valence-corrected chi connectivity index (χ4v) is 3.10. The van der Waals surface area contributed by atoms with Gasteiger partial charge in [0.2, 0.25) is 5.91 Å². The van der Waals surface area contributed by atoms with E-state index in [1.165, 1.54) is 0 Å². The van der Waals surface area contributed by atoms with Gasteiger partial charge in [-0.2, -0.15) is 0 Å². The largest absolute Gasteiger partial charge is 0.481 e. The van der Waals surface area contributed by atoms with Gasteiger partial charge in [0.1, 0.15) is 0 Å². The molecule has 1 fully saturated rings. The molecule has 1 unspecified atom stereocenters. The minimum absolute atomic E-state index is 0.0876. The number of carboxylic acids is 1. The molecule has 116 valence electrons.